The number of fused-ring (bicyclic) bond motifs is 1. The maximum Gasteiger partial charge on any atom is 0.137 e. The molecule has 0 fully saturated rings. The summed E-state index contributed by atoms with van der Waals surface area (Å²) in [5.74, 6) is 2.60. The Morgan fingerprint density at radius 2 is 1.50 bits per heavy atom. The molecule has 0 aliphatic heterocycles. The van der Waals surface area contributed by atoms with E-state index in [2.05, 4.69) is 47.8 Å². The minimum Gasteiger partial charge on any atom is -0.497 e. The van der Waals surface area contributed by atoms with E-state index in [1.54, 1.807) is 7.11 Å². The van der Waals surface area contributed by atoms with Crippen molar-refractivity contribution in [1.29, 1.82) is 0 Å². The molecule has 3 aromatic carbocycles. The average molecular weight is 369 g/mol. The van der Waals surface area contributed by atoms with Crippen molar-refractivity contribution in [3.05, 3.63) is 95.8 Å². The van der Waals surface area contributed by atoms with Crippen LogP contribution in [0.1, 0.15) is 17.0 Å². The van der Waals surface area contributed by atoms with E-state index >= 15 is 0 Å². The van der Waals surface area contributed by atoms with E-state index in [-0.39, 0.29) is 0 Å². The van der Waals surface area contributed by atoms with Gasteiger partial charge in [0.15, 0.2) is 0 Å². The van der Waals surface area contributed by atoms with Crippen LogP contribution < -0.4 is 10.1 Å². The van der Waals surface area contributed by atoms with Crippen LogP contribution in [0.2, 0.25) is 0 Å². The summed E-state index contributed by atoms with van der Waals surface area (Å²) >= 11 is 0. The number of anilines is 1. The largest absolute Gasteiger partial charge is 0.497 e. The number of rotatable bonds is 7. The third kappa shape index (κ3) is 4.29. The molecule has 1 N–H and O–H groups in total. The van der Waals surface area contributed by atoms with Gasteiger partial charge in [0.1, 0.15) is 17.4 Å². The van der Waals surface area contributed by atoms with Gasteiger partial charge < -0.3 is 10.1 Å². The highest BCUT2D eigenvalue weighted by Gasteiger charge is 2.08. The van der Waals surface area contributed by atoms with Gasteiger partial charge in [0, 0.05) is 18.4 Å². The summed E-state index contributed by atoms with van der Waals surface area (Å²) < 4.78 is 5.23. The lowest BCUT2D eigenvalue weighted by atomic mass is 10.1. The highest BCUT2D eigenvalue weighted by molar-refractivity contribution is 5.88. The number of nitrogens with one attached hydrogen (secondary N) is 1. The summed E-state index contributed by atoms with van der Waals surface area (Å²) in [6.07, 6.45) is 1.74. The molecule has 0 atom stereocenters. The molecule has 0 spiro atoms. The smallest absolute Gasteiger partial charge is 0.137 e. The lowest BCUT2D eigenvalue weighted by Crippen LogP contribution is -2.06. The molecular weight excluding hydrogens is 346 g/mol. The number of para-hydroxylation sites is 1. The number of hydrogen-bond acceptors (Lipinski definition) is 4. The number of aromatic nitrogens is 2. The SMILES string of the molecule is COc1ccc(CNc2nc(CCc3ccccc3)nc3ccccc23)cc1. The molecule has 4 nitrogen and oxygen atoms in total. The lowest BCUT2D eigenvalue weighted by molar-refractivity contribution is 0.414. The molecule has 1 heterocycles. The molecule has 4 rings (SSSR count). The van der Waals surface area contributed by atoms with Gasteiger partial charge in [-0.15, -0.1) is 0 Å². The van der Waals surface area contributed by atoms with Crippen LogP contribution in [0.4, 0.5) is 5.82 Å². The normalized spacial score (nSPS) is 10.8. The highest BCUT2D eigenvalue weighted by atomic mass is 16.5. The fourth-order valence-corrected chi connectivity index (χ4v) is 3.20. The Morgan fingerprint density at radius 3 is 2.29 bits per heavy atom. The van der Waals surface area contributed by atoms with E-state index in [0.717, 1.165) is 41.1 Å². The quantitative estimate of drug-likeness (QED) is 0.496. The molecule has 0 bridgehead atoms. The molecule has 0 saturated heterocycles. The summed E-state index contributed by atoms with van der Waals surface area (Å²) in [5, 5.41) is 4.53. The van der Waals surface area contributed by atoms with Gasteiger partial charge in [0.25, 0.3) is 0 Å². The summed E-state index contributed by atoms with van der Waals surface area (Å²) in [6.45, 7) is 0.698. The fourth-order valence-electron chi connectivity index (χ4n) is 3.20. The van der Waals surface area contributed by atoms with Gasteiger partial charge in [-0.1, -0.05) is 54.6 Å². The Balaban J connectivity index is 1.55. The predicted octanol–water partition coefficient (Wildman–Crippen LogP) is 5.04. The minimum atomic E-state index is 0.698. The van der Waals surface area contributed by atoms with Crippen LogP contribution >= 0.6 is 0 Å². The van der Waals surface area contributed by atoms with Gasteiger partial charge in [-0.3, -0.25) is 0 Å². The van der Waals surface area contributed by atoms with E-state index < -0.39 is 0 Å². The van der Waals surface area contributed by atoms with Crippen LogP contribution in [0.15, 0.2) is 78.9 Å². The second kappa shape index (κ2) is 8.53. The van der Waals surface area contributed by atoms with Crippen LogP contribution in [-0.2, 0) is 19.4 Å². The number of ether oxygens (including phenoxy) is 1. The van der Waals surface area contributed by atoms with Gasteiger partial charge >= 0.3 is 0 Å². The molecule has 0 saturated carbocycles. The van der Waals surface area contributed by atoms with Gasteiger partial charge in [0.05, 0.1) is 12.6 Å². The number of aryl methyl sites for hydroxylation is 2. The maximum atomic E-state index is 5.23. The van der Waals surface area contributed by atoms with Crippen LogP contribution in [-0.4, -0.2) is 17.1 Å². The molecular formula is C24H23N3O. The fraction of sp³-hybridized carbons (Fsp3) is 0.167. The van der Waals surface area contributed by atoms with Crippen LogP contribution in [0.25, 0.3) is 10.9 Å². The molecule has 1 aromatic heterocycles. The molecule has 0 radical (unpaired) electrons. The third-order valence-electron chi connectivity index (χ3n) is 4.75. The Hall–Kier alpha value is -3.40. The molecule has 0 aliphatic rings. The standard InChI is InChI=1S/C24H23N3O/c1-28-20-14-11-19(12-15-20)17-25-24-21-9-5-6-10-22(21)26-23(27-24)16-13-18-7-3-2-4-8-18/h2-12,14-15H,13,16-17H2,1H3,(H,25,26,27). The Kier molecular flexibility index (Phi) is 5.48. The average Bonchev–Trinajstić information content (AvgIpc) is 2.77. The first-order valence-electron chi connectivity index (χ1n) is 9.48. The molecule has 0 unspecified atom stereocenters. The van der Waals surface area contributed by atoms with Crippen molar-refractivity contribution < 1.29 is 4.74 Å². The van der Waals surface area contributed by atoms with E-state index in [9.17, 15) is 0 Å². The predicted molar refractivity (Wildman–Crippen MR) is 114 cm³/mol. The van der Waals surface area contributed by atoms with Crippen molar-refractivity contribution in [3.63, 3.8) is 0 Å². The molecule has 0 aliphatic carbocycles. The first-order chi connectivity index (χ1) is 13.8. The van der Waals surface area contributed by atoms with E-state index in [1.807, 2.05) is 36.4 Å². The third-order valence-corrected chi connectivity index (χ3v) is 4.75. The lowest BCUT2D eigenvalue weighted by Gasteiger charge is -2.11. The van der Waals surface area contributed by atoms with E-state index in [1.165, 1.54) is 11.1 Å². The number of methoxy groups -OCH3 is 1. The van der Waals surface area contributed by atoms with Crippen molar-refractivity contribution in [2.45, 2.75) is 19.4 Å². The van der Waals surface area contributed by atoms with Crippen molar-refractivity contribution in [2.24, 2.45) is 0 Å². The molecule has 4 heteroatoms. The topological polar surface area (TPSA) is 47.0 Å². The summed E-state index contributed by atoms with van der Waals surface area (Å²) in [6, 6.07) is 26.7. The van der Waals surface area contributed by atoms with Gasteiger partial charge in [0.2, 0.25) is 0 Å². The summed E-state index contributed by atoms with van der Waals surface area (Å²) in [4.78, 5) is 9.58. The van der Waals surface area contributed by atoms with Crippen molar-refractivity contribution in [3.8, 4) is 5.75 Å². The zero-order valence-corrected chi connectivity index (χ0v) is 15.9. The maximum absolute atomic E-state index is 5.23. The van der Waals surface area contributed by atoms with E-state index in [0.29, 0.717) is 6.54 Å². The van der Waals surface area contributed by atoms with E-state index in [4.69, 9.17) is 14.7 Å². The zero-order chi connectivity index (χ0) is 19.2. The van der Waals surface area contributed by atoms with Crippen LogP contribution in [0, 0.1) is 0 Å². The van der Waals surface area contributed by atoms with Crippen molar-refractivity contribution >= 4 is 16.7 Å². The van der Waals surface area contributed by atoms with Gasteiger partial charge in [-0.2, -0.15) is 0 Å². The minimum absolute atomic E-state index is 0.698. The van der Waals surface area contributed by atoms with Crippen molar-refractivity contribution in [2.75, 3.05) is 12.4 Å². The van der Waals surface area contributed by atoms with Crippen LogP contribution in [0.3, 0.4) is 0 Å². The molecule has 140 valence electrons. The number of nitrogens with zero attached hydrogens (tertiary/aromatic N) is 2. The Labute approximate surface area is 165 Å². The molecule has 0 amide bonds. The second-order valence-electron chi connectivity index (χ2n) is 6.69. The number of benzene rings is 3. The monoisotopic (exact) mass is 369 g/mol. The summed E-state index contributed by atoms with van der Waals surface area (Å²) in [5.41, 5.74) is 3.44. The zero-order valence-electron chi connectivity index (χ0n) is 15.9. The van der Waals surface area contributed by atoms with Crippen LogP contribution in [0.5, 0.6) is 5.75 Å². The molecule has 28 heavy (non-hydrogen) atoms. The first-order valence-corrected chi connectivity index (χ1v) is 9.48. The number of hydrogen-bond donors (Lipinski definition) is 1. The van der Waals surface area contributed by atoms with Gasteiger partial charge in [-0.25, -0.2) is 9.97 Å². The summed E-state index contributed by atoms with van der Waals surface area (Å²) in [7, 11) is 1.68. The van der Waals surface area contributed by atoms with Gasteiger partial charge in [-0.05, 0) is 41.8 Å². The Morgan fingerprint density at radius 1 is 0.750 bits per heavy atom. The first kappa shape index (κ1) is 18.0. The highest BCUT2D eigenvalue weighted by Crippen LogP contribution is 2.22. The molecule has 4 aromatic rings. The second-order valence-corrected chi connectivity index (χ2v) is 6.69. The van der Waals surface area contributed by atoms with Crippen molar-refractivity contribution in [1.82, 2.24) is 9.97 Å². The Bertz CT molecular complexity index is 1050.